The van der Waals surface area contributed by atoms with E-state index in [1.807, 2.05) is 42.5 Å². The summed E-state index contributed by atoms with van der Waals surface area (Å²) in [6.45, 7) is 5.06. The van der Waals surface area contributed by atoms with E-state index in [0.29, 0.717) is 19.6 Å². The maximum absolute atomic E-state index is 11.4. The van der Waals surface area contributed by atoms with Crippen molar-refractivity contribution in [1.29, 1.82) is 0 Å². The van der Waals surface area contributed by atoms with Crippen molar-refractivity contribution in [1.82, 2.24) is 0 Å². The van der Waals surface area contributed by atoms with E-state index >= 15 is 0 Å². The number of benzene rings is 3. The van der Waals surface area contributed by atoms with Gasteiger partial charge < -0.3 is 14.6 Å². The summed E-state index contributed by atoms with van der Waals surface area (Å²) in [5, 5.41) is 9.37. The van der Waals surface area contributed by atoms with E-state index in [1.165, 1.54) is 11.1 Å². The van der Waals surface area contributed by atoms with Crippen LogP contribution in [0.3, 0.4) is 0 Å². The first-order valence-corrected chi connectivity index (χ1v) is 11.5. The maximum Gasteiger partial charge on any atom is 0.333 e. The fourth-order valence-electron chi connectivity index (χ4n) is 3.46. The molecule has 1 unspecified atom stereocenters. The van der Waals surface area contributed by atoms with Crippen LogP contribution in [-0.2, 0) is 16.0 Å². The fraction of sp³-hybridized carbons (Fsp3) is 0.276. The van der Waals surface area contributed by atoms with Crippen LogP contribution in [0.1, 0.15) is 37.8 Å². The van der Waals surface area contributed by atoms with Gasteiger partial charge in [0.15, 0.2) is 6.10 Å². The van der Waals surface area contributed by atoms with Gasteiger partial charge in [-0.25, -0.2) is 4.79 Å². The molecular formula is C29H32O4. The fourth-order valence-corrected chi connectivity index (χ4v) is 3.46. The molecule has 0 amide bonds. The van der Waals surface area contributed by atoms with Crippen LogP contribution in [0, 0.1) is 0 Å². The number of rotatable bonds is 12. The summed E-state index contributed by atoms with van der Waals surface area (Å²) in [6.07, 6.45) is 3.43. The monoisotopic (exact) mass is 444 g/mol. The topological polar surface area (TPSA) is 55.8 Å². The summed E-state index contributed by atoms with van der Waals surface area (Å²) in [7, 11) is 0. The molecule has 0 heterocycles. The summed E-state index contributed by atoms with van der Waals surface area (Å²) in [4.78, 5) is 11.4. The Labute approximate surface area is 196 Å². The standard InChI is InChI=1S/C29H32O4/c1-3-4-19-33-28(29(30)31)21-23-10-16-27(17-11-23)32-20-18-22(2)24-12-14-26(15-13-24)25-8-6-5-7-9-25/h5-18,28H,3-4,19-21H2,1-2H3,(H,30,31)/b22-18-. The number of aliphatic carboxylic acids is 1. The van der Waals surface area contributed by atoms with Crippen LogP contribution in [-0.4, -0.2) is 30.4 Å². The molecule has 0 spiro atoms. The second-order valence-electron chi connectivity index (χ2n) is 8.04. The molecule has 0 aliphatic carbocycles. The lowest BCUT2D eigenvalue weighted by atomic mass is 10.0. The Bertz CT molecular complexity index is 1020. The summed E-state index contributed by atoms with van der Waals surface area (Å²) >= 11 is 0. The molecule has 0 aromatic heterocycles. The van der Waals surface area contributed by atoms with Gasteiger partial charge in [0, 0.05) is 13.0 Å². The average Bonchev–Trinajstić information content (AvgIpc) is 2.85. The van der Waals surface area contributed by atoms with Crippen molar-refractivity contribution in [3.8, 4) is 16.9 Å². The van der Waals surface area contributed by atoms with E-state index in [2.05, 4.69) is 56.3 Å². The molecular weight excluding hydrogens is 412 g/mol. The second-order valence-corrected chi connectivity index (χ2v) is 8.04. The summed E-state index contributed by atoms with van der Waals surface area (Å²) in [5.74, 6) is -0.176. The first-order chi connectivity index (χ1) is 16.1. The van der Waals surface area contributed by atoms with Crippen molar-refractivity contribution in [3.05, 3.63) is 96.1 Å². The lowest BCUT2D eigenvalue weighted by molar-refractivity contribution is -0.150. The highest BCUT2D eigenvalue weighted by Gasteiger charge is 2.18. The number of hydrogen-bond acceptors (Lipinski definition) is 3. The van der Waals surface area contributed by atoms with Crippen LogP contribution >= 0.6 is 0 Å². The number of hydrogen-bond donors (Lipinski definition) is 1. The summed E-state index contributed by atoms with van der Waals surface area (Å²) in [5.41, 5.74) is 5.64. The zero-order valence-corrected chi connectivity index (χ0v) is 19.4. The van der Waals surface area contributed by atoms with Gasteiger partial charge in [-0.3, -0.25) is 0 Å². The van der Waals surface area contributed by atoms with Gasteiger partial charge in [-0.05, 0) is 59.4 Å². The van der Waals surface area contributed by atoms with Crippen molar-refractivity contribution in [2.24, 2.45) is 0 Å². The molecule has 3 aromatic carbocycles. The number of unbranched alkanes of at least 4 members (excludes halogenated alkanes) is 1. The Morgan fingerprint density at radius 1 is 0.939 bits per heavy atom. The third-order valence-electron chi connectivity index (χ3n) is 5.52. The first kappa shape index (κ1) is 24.3. The molecule has 0 aliphatic rings. The van der Waals surface area contributed by atoms with Crippen LogP contribution < -0.4 is 4.74 Å². The molecule has 0 aliphatic heterocycles. The molecule has 0 saturated heterocycles. The lowest BCUT2D eigenvalue weighted by Gasteiger charge is -2.14. The highest BCUT2D eigenvalue weighted by molar-refractivity contribution is 5.72. The molecule has 0 radical (unpaired) electrons. The molecule has 0 saturated carbocycles. The van der Waals surface area contributed by atoms with E-state index in [1.54, 1.807) is 0 Å². The van der Waals surface area contributed by atoms with Crippen molar-refractivity contribution in [2.45, 2.75) is 39.2 Å². The van der Waals surface area contributed by atoms with Crippen molar-refractivity contribution >= 4 is 11.5 Å². The van der Waals surface area contributed by atoms with E-state index in [9.17, 15) is 9.90 Å². The largest absolute Gasteiger partial charge is 0.490 e. The molecule has 1 atom stereocenters. The maximum atomic E-state index is 11.4. The highest BCUT2D eigenvalue weighted by atomic mass is 16.5. The number of ether oxygens (including phenoxy) is 2. The Morgan fingerprint density at radius 3 is 2.24 bits per heavy atom. The summed E-state index contributed by atoms with van der Waals surface area (Å²) < 4.78 is 11.4. The minimum atomic E-state index is -0.927. The van der Waals surface area contributed by atoms with Gasteiger partial charge in [0.1, 0.15) is 12.4 Å². The number of carbonyl (C=O) groups is 1. The minimum Gasteiger partial charge on any atom is -0.490 e. The van der Waals surface area contributed by atoms with Gasteiger partial charge in [-0.2, -0.15) is 0 Å². The first-order valence-electron chi connectivity index (χ1n) is 11.5. The third-order valence-corrected chi connectivity index (χ3v) is 5.52. The van der Waals surface area contributed by atoms with E-state index < -0.39 is 12.1 Å². The van der Waals surface area contributed by atoms with Gasteiger partial charge in [-0.15, -0.1) is 0 Å². The van der Waals surface area contributed by atoms with E-state index in [-0.39, 0.29) is 0 Å². The quantitative estimate of drug-likeness (QED) is 0.318. The number of carboxylic acids is 1. The Morgan fingerprint density at radius 2 is 1.61 bits per heavy atom. The van der Waals surface area contributed by atoms with Gasteiger partial charge in [-0.1, -0.05) is 80.1 Å². The van der Waals surface area contributed by atoms with Crippen LogP contribution in [0.5, 0.6) is 5.75 Å². The highest BCUT2D eigenvalue weighted by Crippen LogP contribution is 2.22. The predicted molar refractivity (Wildman–Crippen MR) is 133 cm³/mol. The molecule has 172 valence electrons. The smallest absolute Gasteiger partial charge is 0.333 e. The molecule has 4 heteroatoms. The van der Waals surface area contributed by atoms with Crippen molar-refractivity contribution < 1.29 is 19.4 Å². The van der Waals surface area contributed by atoms with E-state index in [0.717, 1.165) is 35.3 Å². The molecule has 3 aromatic rings. The second kappa shape index (κ2) is 12.6. The van der Waals surface area contributed by atoms with Crippen molar-refractivity contribution in [3.63, 3.8) is 0 Å². The Hall–Kier alpha value is -3.37. The van der Waals surface area contributed by atoms with Crippen molar-refractivity contribution in [2.75, 3.05) is 13.2 Å². The zero-order chi connectivity index (χ0) is 23.5. The van der Waals surface area contributed by atoms with Gasteiger partial charge >= 0.3 is 5.97 Å². The van der Waals surface area contributed by atoms with E-state index in [4.69, 9.17) is 9.47 Å². The molecule has 0 bridgehead atoms. The van der Waals surface area contributed by atoms with Crippen LogP contribution in [0.15, 0.2) is 84.9 Å². The third kappa shape index (κ3) is 7.62. The number of carboxylic acid groups (broad SMARTS) is 1. The van der Waals surface area contributed by atoms with Crippen LogP contribution in [0.25, 0.3) is 16.7 Å². The number of allylic oxidation sites excluding steroid dienone is 1. The average molecular weight is 445 g/mol. The molecule has 33 heavy (non-hydrogen) atoms. The molecule has 3 rings (SSSR count). The summed E-state index contributed by atoms with van der Waals surface area (Å²) in [6, 6.07) is 26.4. The van der Waals surface area contributed by atoms with Gasteiger partial charge in [0.2, 0.25) is 0 Å². The Balaban J connectivity index is 1.51. The lowest BCUT2D eigenvalue weighted by Crippen LogP contribution is -2.26. The molecule has 0 fully saturated rings. The van der Waals surface area contributed by atoms with Gasteiger partial charge in [0.05, 0.1) is 0 Å². The normalized spacial score (nSPS) is 12.4. The van der Waals surface area contributed by atoms with Crippen LogP contribution in [0.2, 0.25) is 0 Å². The SMILES string of the molecule is CCCCOC(Cc1ccc(OC/C=C(/C)c2ccc(-c3ccccc3)cc2)cc1)C(=O)O. The Kier molecular flexibility index (Phi) is 9.28. The van der Waals surface area contributed by atoms with Gasteiger partial charge in [0.25, 0.3) is 0 Å². The predicted octanol–water partition coefficient (Wildman–Crippen LogP) is 6.65. The minimum absolute atomic E-state index is 0.345. The molecule has 4 nitrogen and oxygen atoms in total. The van der Waals surface area contributed by atoms with Crippen LogP contribution in [0.4, 0.5) is 0 Å². The molecule has 1 N–H and O–H groups in total. The zero-order valence-electron chi connectivity index (χ0n) is 19.4.